The van der Waals surface area contributed by atoms with Gasteiger partial charge in [-0.1, -0.05) is 0 Å². The number of nitrogen functional groups attached to an aromatic ring is 1. The van der Waals surface area contributed by atoms with Gasteiger partial charge in [-0.3, -0.25) is 0 Å². The summed E-state index contributed by atoms with van der Waals surface area (Å²) in [6, 6.07) is 3.43. The summed E-state index contributed by atoms with van der Waals surface area (Å²) in [4.78, 5) is 11.5. The summed E-state index contributed by atoms with van der Waals surface area (Å²) in [5.74, 6) is -0.284. The highest BCUT2D eigenvalue weighted by molar-refractivity contribution is 5.92. The van der Waals surface area contributed by atoms with Gasteiger partial charge in [-0.15, -0.1) is 0 Å². The number of carbonyl (C=O) groups excluding carboxylic acids is 1. The number of benzene rings is 1. The predicted molar refractivity (Wildman–Crippen MR) is 56.3 cm³/mol. The molecule has 0 aliphatic carbocycles. The molecule has 0 unspecified atom stereocenters. The Morgan fingerprint density at radius 3 is 2.57 bits per heavy atom. The van der Waals surface area contributed by atoms with Gasteiger partial charge >= 0.3 is 5.97 Å². The molecule has 0 fully saturated rings. The van der Waals surface area contributed by atoms with Crippen molar-refractivity contribution in [1.82, 2.24) is 0 Å². The van der Waals surface area contributed by atoms with E-state index in [-0.39, 0.29) is 5.97 Å². The van der Waals surface area contributed by atoms with E-state index in [0.717, 1.165) is 11.1 Å². The van der Waals surface area contributed by atoms with E-state index >= 15 is 0 Å². The van der Waals surface area contributed by atoms with E-state index in [1.165, 1.54) is 0 Å². The maximum Gasteiger partial charge on any atom is 0.338 e. The Kier molecular flexibility index (Phi) is 3.12. The van der Waals surface area contributed by atoms with Crippen molar-refractivity contribution in [2.24, 2.45) is 0 Å². The van der Waals surface area contributed by atoms with Crippen LogP contribution < -0.4 is 5.73 Å². The van der Waals surface area contributed by atoms with Gasteiger partial charge in [-0.05, 0) is 44.0 Å². The molecule has 0 aromatic heterocycles. The van der Waals surface area contributed by atoms with Crippen molar-refractivity contribution in [2.45, 2.75) is 20.8 Å². The van der Waals surface area contributed by atoms with Gasteiger partial charge in [0.15, 0.2) is 0 Å². The van der Waals surface area contributed by atoms with Crippen molar-refractivity contribution in [3.63, 3.8) is 0 Å². The van der Waals surface area contributed by atoms with Crippen molar-refractivity contribution in [2.75, 3.05) is 12.3 Å². The Balaban J connectivity index is 3.11. The minimum absolute atomic E-state index is 0.284. The molecule has 3 nitrogen and oxygen atoms in total. The second-order valence-electron chi connectivity index (χ2n) is 3.17. The maximum atomic E-state index is 11.5. The lowest BCUT2D eigenvalue weighted by Crippen LogP contribution is -2.08. The molecule has 0 spiro atoms. The first kappa shape index (κ1) is 10.6. The first-order chi connectivity index (χ1) is 6.57. The van der Waals surface area contributed by atoms with E-state index < -0.39 is 0 Å². The second kappa shape index (κ2) is 4.13. The van der Waals surface area contributed by atoms with Gasteiger partial charge in [-0.25, -0.2) is 4.79 Å². The summed E-state index contributed by atoms with van der Waals surface area (Å²) >= 11 is 0. The topological polar surface area (TPSA) is 52.3 Å². The Labute approximate surface area is 83.9 Å². The second-order valence-corrected chi connectivity index (χ2v) is 3.17. The quantitative estimate of drug-likeness (QED) is 0.577. The smallest absolute Gasteiger partial charge is 0.338 e. The highest BCUT2D eigenvalue weighted by atomic mass is 16.5. The van der Waals surface area contributed by atoms with Gasteiger partial charge in [0.1, 0.15) is 0 Å². The monoisotopic (exact) mass is 193 g/mol. The molecule has 76 valence electrons. The molecule has 1 rings (SSSR count). The van der Waals surface area contributed by atoms with Crippen LogP contribution in [0.3, 0.4) is 0 Å². The van der Waals surface area contributed by atoms with E-state index in [9.17, 15) is 4.79 Å². The number of carbonyl (C=O) groups is 1. The number of hydrogen-bond acceptors (Lipinski definition) is 3. The molecule has 0 bridgehead atoms. The lowest BCUT2D eigenvalue weighted by molar-refractivity contribution is 0.0525. The fourth-order valence-electron chi connectivity index (χ4n) is 1.27. The zero-order valence-electron chi connectivity index (χ0n) is 8.76. The summed E-state index contributed by atoms with van der Waals surface area (Å²) < 4.78 is 4.92. The minimum atomic E-state index is -0.284. The summed E-state index contributed by atoms with van der Waals surface area (Å²) in [6.07, 6.45) is 0. The summed E-state index contributed by atoms with van der Waals surface area (Å²) in [5.41, 5.74) is 8.84. The van der Waals surface area contributed by atoms with Crippen molar-refractivity contribution in [3.8, 4) is 0 Å². The van der Waals surface area contributed by atoms with Gasteiger partial charge in [0.05, 0.1) is 12.2 Å². The molecule has 0 aliphatic rings. The van der Waals surface area contributed by atoms with Crippen molar-refractivity contribution in [1.29, 1.82) is 0 Å². The van der Waals surface area contributed by atoms with Crippen LogP contribution in [-0.2, 0) is 4.74 Å². The zero-order valence-corrected chi connectivity index (χ0v) is 8.76. The van der Waals surface area contributed by atoms with E-state index in [2.05, 4.69) is 0 Å². The first-order valence-electron chi connectivity index (χ1n) is 4.60. The molecule has 0 saturated heterocycles. The van der Waals surface area contributed by atoms with Crippen LogP contribution in [0.5, 0.6) is 0 Å². The van der Waals surface area contributed by atoms with E-state index in [1.807, 2.05) is 13.8 Å². The molecule has 0 saturated carbocycles. The van der Waals surface area contributed by atoms with Crippen molar-refractivity contribution >= 4 is 11.7 Å². The number of rotatable bonds is 2. The molecule has 0 aliphatic heterocycles. The molecular formula is C11H15NO2. The maximum absolute atomic E-state index is 11.5. The third kappa shape index (κ3) is 1.87. The largest absolute Gasteiger partial charge is 0.462 e. The SMILES string of the molecule is CCOC(=O)c1ccc(N)c(C)c1C. The van der Waals surface area contributed by atoms with Crippen LogP contribution in [0.4, 0.5) is 5.69 Å². The molecular weight excluding hydrogens is 178 g/mol. The van der Waals surface area contributed by atoms with Gasteiger partial charge in [0.2, 0.25) is 0 Å². The number of esters is 1. The number of hydrogen-bond donors (Lipinski definition) is 1. The van der Waals surface area contributed by atoms with Crippen LogP contribution in [0.1, 0.15) is 28.4 Å². The fourth-order valence-corrected chi connectivity index (χ4v) is 1.27. The lowest BCUT2D eigenvalue weighted by Gasteiger charge is -2.09. The van der Waals surface area contributed by atoms with Crippen molar-refractivity contribution < 1.29 is 9.53 Å². The lowest BCUT2D eigenvalue weighted by atomic mass is 10.0. The average molecular weight is 193 g/mol. The Bertz CT molecular complexity index is 359. The number of nitrogens with two attached hydrogens (primary N) is 1. The molecule has 0 amide bonds. The van der Waals surface area contributed by atoms with Gasteiger partial charge < -0.3 is 10.5 Å². The van der Waals surface area contributed by atoms with Gasteiger partial charge in [0.25, 0.3) is 0 Å². The molecule has 0 atom stereocenters. The Hall–Kier alpha value is -1.51. The summed E-state index contributed by atoms with van der Waals surface area (Å²) in [5, 5.41) is 0. The molecule has 0 heterocycles. The third-order valence-corrected chi connectivity index (χ3v) is 2.32. The predicted octanol–water partition coefficient (Wildman–Crippen LogP) is 2.06. The van der Waals surface area contributed by atoms with Crippen LogP contribution in [0.2, 0.25) is 0 Å². The molecule has 14 heavy (non-hydrogen) atoms. The summed E-state index contributed by atoms with van der Waals surface area (Å²) in [7, 11) is 0. The Morgan fingerprint density at radius 2 is 2.00 bits per heavy atom. The van der Waals surface area contributed by atoms with Crippen LogP contribution in [0, 0.1) is 13.8 Å². The minimum Gasteiger partial charge on any atom is -0.462 e. The van der Waals surface area contributed by atoms with Gasteiger partial charge in [0, 0.05) is 5.69 Å². The Morgan fingerprint density at radius 1 is 1.36 bits per heavy atom. The van der Waals surface area contributed by atoms with Crippen molar-refractivity contribution in [3.05, 3.63) is 28.8 Å². The van der Waals surface area contributed by atoms with Crippen LogP contribution in [0.25, 0.3) is 0 Å². The molecule has 0 radical (unpaired) electrons. The van der Waals surface area contributed by atoms with Crippen LogP contribution in [-0.4, -0.2) is 12.6 Å². The van der Waals surface area contributed by atoms with E-state index in [4.69, 9.17) is 10.5 Å². The van der Waals surface area contributed by atoms with Gasteiger partial charge in [-0.2, -0.15) is 0 Å². The fraction of sp³-hybridized carbons (Fsp3) is 0.364. The highest BCUT2D eigenvalue weighted by Crippen LogP contribution is 2.19. The van der Waals surface area contributed by atoms with Crippen LogP contribution >= 0.6 is 0 Å². The standard InChI is InChI=1S/C11H15NO2/c1-4-14-11(13)9-5-6-10(12)8(3)7(9)2/h5-6H,4,12H2,1-3H3. The van der Waals surface area contributed by atoms with E-state index in [0.29, 0.717) is 17.9 Å². The molecule has 3 heteroatoms. The molecule has 1 aromatic rings. The van der Waals surface area contributed by atoms with Crippen LogP contribution in [0.15, 0.2) is 12.1 Å². The highest BCUT2D eigenvalue weighted by Gasteiger charge is 2.12. The third-order valence-electron chi connectivity index (χ3n) is 2.32. The first-order valence-corrected chi connectivity index (χ1v) is 4.60. The normalized spacial score (nSPS) is 9.93. The molecule has 1 aromatic carbocycles. The average Bonchev–Trinajstić information content (AvgIpc) is 2.15. The van der Waals surface area contributed by atoms with E-state index in [1.54, 1.807) is 19.1 Å². The number of ether oxygens (including phenoxy) is 1. The molecule has 2 N–H and O–H groups in total. The zero-order chi connectivity index (χ0) is 10.7. The summed E-state index contributed by atoms with van der Waals surface area (Å²) in [6.45, 7) is 5.95. The number of anilines is 1.